The largest absolute Gasteiger partial charge is 0.502 e. The summed E-state index contributed by atoms with van der Waals surface area (Å²) in [6.45, 7) is -0.298. The molecule has 13 nitrogen and oxygen atoms in total. The third-order valence-corrected chi connectivity index (χ3v) is 2.89. The van der Waals surface area contributed by atoms with Gasteiger partial charge in [0, 0.05) is 11.6 Å². The number of phenolic OH excluding ortho intramolecular Hbond substituents is 1. The Labute approximate surface area is 139 Å². The monoisotopic (exact) mass is 351 g/mol. The quantitative estimate of drug-likeness (QED) is 0.193. The molecule has 1 aliphatic heterocycles. The Hall–Kier alpha value is -3.58. The van der Waals surface area contributed by atoms with E-state index < -0.39 is 40.4 Å². The number of phenols is 1. The lowest BCUT2D eigenvalue weighted by Crippen LogP contribution is -2.67. The van der Waals surface area contributed by atoms with E-state index in [9.17, 15) is 29.6 Å². The standard InChI is InChI=1S/C12H13N7O6/c20-8-2-1-6(3-7(8)19(24)25)4-14-16-9(21)5-13-10-11(22)15-12(23)18-17-10/h1-4,10,13,17,20H,5H2,(H,16,21)(H2,15,18,22,23)/b14-4+. The molecule has 6 N–H and O–H groups in total. The Morgan fingerprint density at radius 2 is 2.20 bits per heavy atom. The van der Waals surface area contributed by atoms with Crippen LogP contribution in [0.3, 0.4) is 0 Å². The van der Waals surface area contributed by atoms with Gasteiger partial charge in [-0.15, -0.1) is 0 Å². The maximum Gasteiger partial charge on any atom is 0.335 e. The van der Waals surface area contributed by atoms with Crippen LogP contribution in [0.5, 0.6) is 5.75 Å². The molecule has 2 rings (SSSR count). The first kappa shape index (κ1) is 17.8. The molecule has 0 aromatic heterocycles. The molecule has 4 amide bonds. The number of benzene rings is 1. The Kier molecular flexibility index (Phi) is 5.54. The van der Waals surface area contributed by atoms with Crippen molar-refractivity contribution in [2.45, 2.75) is 6.17 Å². The number of nitrogens with zero attached hydrogens (tertiary/aromatic N) is 2. The van der Waals surface area contributed by atoms with E-state index in [4.69, 9.17) is 0 Å². The number of nitro groups is 1. The summed E-state index contributed by atoms with van der Waals surface area (Å²) in [6.07, 6.45) is 0.156. The molecule has 1 fully saturated rings. The second-order valence-corrected chi connectivity index (χ2v) is 4.70. The minimum absolute atomic E-state index is 0.286. The second-order valence-electron chi connectivity index (χ2n) is 4.70. The molecule has 0 spiro atoms. The van der Waals surface area contributed by atoms with Crippen LogP contribution in [0.2, 0.25) is 0 Å². The fourth-order valence-electron chi connectivity index (χ4n) is 1.74. The maximum absolute atomic E-state index is 11.6. The molecule has 1 aromatic carbocycles. The number of nitrogens with one attached hydrogen (secondary N) is 5. The fourth-order valence-corrected chi connectivity index (χ4v) is 1.74. The third kappa shape index (κ3) is 4.95. The first-order valence-corrected chi connectivity index (χ1v) is 6.76. The molecule has 1 heterocycles. The molecule has 1 aromatic rings. The van der Waals surface area contributed by atoms with Gasteiger partial charge < -0.3 is 5.11 Å². The Bertz CT molecular complexity index is 749. The van der Waals surface area contributed by atoms with Crippen molar-refractivity contribution in [2.75, 3.05) is 6.54 Å². The molecular weight excluding hydrogens is 338 g/mol. The van der Waals surface area contributed by atoms with Crippen molar-refractivity contribution in [1.82, 2.24) is 26.9 Å². The summed E-state index contributed by atoms with van der Waals surface area (Å²) >= 11 is 0. The highest BCUT2D eigenvalue weighted by Crippen LogP contribution is 2.25. The molecule has 0 bridgehead atoms. The van der Waals surface area contributed by atoms with Crippen LogP contribution < -0.4 is 26.9 Å². The van der Waals surface area contributed by atoms with E-state index in [0.717, 1.165) is 18.3 Å². The van der Waals surface area contributed by atoms with E-state index in [1.165, 1.54) is 6.07 Å². The summed E-state index contributed by atoms with van der Waals surface area (Å²) in [5.74, 6) is -1.74. The van der Waals surface area contributed by atoms with Gasteiger partial charge in [-0.05, 0) is 12.1 Å². The Balaban J connectivity index is 1.82. The number of hydrazine groups is 1. The van der Waals surface area contributed by atoms with Gasteiger partial charge in [-0.1, -0.05) is 0 Å². The van der Waals surface area contributed by atoms with Crippen molar-refractivity contribution in [3.63, 3.8) is 0 Å². The lowest BCUT2D eigenvalue weighted by molar-refractivity contribution is -0.385. The molecule has 1 aliphatic rings. The van der Waals surface area contributed by atoms with E-state index >= 15 is 0 Å². The summed E-state index contributed by atoms with van der Waals surface area (Å²) in [4.78, 5) is 43.8. The van der Waals surface area contributed by atoms with Crippen molar-refractivity contribution in [2.24, 2.45) is 5.10 Å². The SMILES string of the molecule is O=C(CNC1NNC(=O)NC1=O)N/N=C/c1ccc(O)c([N+](=O)[O-])c1. The number of urea groups is 1. The van der Waals surface area contributed by atoms with Gasteiger partial charge >= 0.3 is 11.7 Å². The molecule has 1 saturated heterocycles. The molecule has 13 heteroatoms. The van der Waals surface area contributed by atoms with E-state index in [2.05, 4.69) is 26.7 Å². The number of carbonyl (C=O) groups excluding carboxylic acids is 3. The highest BCUT2D eigenvalue weighted by atomic mass is 16.6. The maximum atomic E-state index is 11.6. The third-order valence-electron chi connectivity index (χ3n) is 2.89. The number of nitro benzene ring substituents is 1. The zero-order chi connectivity index (χ0) is 18.4. The number of hydrogen-bond donors (Lipinski definition) is 6. The van der Waals surface area contributed by atoms with Gasteiger partial charge in [0.1, 0.15) is 0 Å². The summed E-state index contributed by atoms with van der Waals surface area (Å²) < 4.78 is 0. The average Bonchev–Trinajstić information content (AvgIpc) is 2.55. The number of carbonyl (C=O) groups is 3. The minimum Gasteiger partial charge on any atom is -0.502 e. The van der Waals surface area contributed by atoms with Crippen molar-refractivity contribution < 1.29 is 24.4 Å². The van der Waals surface area contributed by atoms with Crippen molar-refractivity contribution in [3.05, 3.63) is 33.9 Å². The van der Waals surface area contributed by atoms with Crippen LogP contribution in [0.1, 0.15) is 5.56 Å². The van der Waals surface area contributed by atoms with Crippen LogP contribution in [0, 0.1) is 10.1 Å². The van der Waals surface area contributed by atoms with E-state index in [-0.39, 0.29) is 12.1 Å². The van der Waals surface area contributed by atoms with Gasteiger partial charge in [-0.3, -0.25) is 35.8 Å². The zero-order valence-electron chi connectivity index (χ0n) is 12.5. The van der Waals surface area contributed by atoms with Gasteiger partial charge in [0.2, 0.25) is 0 Å². The predicted molar refractivity (Wildman–Crippen MR) is 82.1 cm³/mol. The van der Waals surface area contributed by atoms with Crippen LogP contribution in [0.15, 0.2) is 23.3 Å². The normalized spacial score (nSPS) is 17.0. The van der Waals surface area contributed by atoms with Gasteiger partial charge in [0.25, 0.3) is 11.8 Å². The van der Waals surface area contributed by atoms with Crippen LogP contribution >= 0.6 is 0 Å². The van der Waals surface area contributed by atoms with E-state index in [1.807, 2.05) is 5.32 Å². The molecule has 1 atom stereocenters. The summed E-state index contributed by atoms with van der Waals surface area (Å²) in [5, 5.41) is 28.1. The van der Waals surface area contributed by atoms with Crippen LogP contribution in [0.25, 0.3) is 0 Å². The molecule has 25 heavy (non-hydrogen) atoms. The molecular formula is C12H13N7O6. The number of imide groups is 1. The topological polar surface area (TPSA) is 187 Å². The smallest absolute Gasteiger partial charge is 0.335 e. The Morgan fingerprint density at radius 1 is 1.44 bits per heavy atom. The van der Waals surface area contributed by atoms with Crippen molar-refractivity contribution in [3.8, 4) is 5.75 Å². The first-order valence-electron chi connectivity index (χ1n) is 6.76. The number of amides is 4. The number of aromatic hydroxyl groups is 1. The summed E-state index contributed by atoms with van der Waals surface area (Å²) in [5.41, 5.74) is 6.44. The lowest BCUT2D eigenvalue weighted by atomic mass is 10.2. The first-order chi connectivity index (χ1) is 11.9. The van der Waals surface area contributed by atoms with Crippen LogP contribution in [-0.4, -0.2) is 46.8 Å². The fraction of sp³-hybridized carbons (Fsp3) is 0.167. The van der Waals surface area contributed by atoms with Crippen LogP contribution in [0.4, 0.5) is 10.5 Å². The van der Waals surface area contributed by atoms with Gasteiger partial charge in [-0.25, -0.2) is 15.6 Å². The molecule has 1 unspecified atom stereocenters. The van der Waals surface area contributed by atoms with Gasteiger partial charge in [-0.2, -0.15) is 5.10 Å². The number of rotatable bonds is 6. The highest BCUT2D eigenvalue weighted by molar-refractivity contribution is 5.98. The van der Waals surface area contributed by atoms with E-state index in [0.29, 0.717) is 0 Å². The van der Waals surface area contributed by atoms with Crippen molar-refractivity contribution in [1.29, 1.82) is 0 Å². The average molecular weight is 351 g/mol. The van der Waals surface area contributed by atoms with Gasteiger partial charge in [0.15, 0.2) is 11.9 Å². The summed E-state index contributed by atoms with van der Waals surface area (Å²) in [6, 6.07) is 2.88. The number of hydrogen-bond acceptors (Lipinski definition) is 9. The lowest BCUT2D eigenvalue weighted by Gasteiger charge is -2.23. The second kappa shape index (κ2) is 7.80. The highest BCUT2D eigenvalue weighted by Gasteiger charge is 2.25. The van der Waals surface area contributed by atoms with Crippen molar-refractivity contribution >= 4 is 29.7 Å². The molecule has 0 aliphatic carbocycles. The van der Waals surface area contributed by atoms with E-state index in [1.54, 1.807) is 0 Å². The zero-order valence-corrected chi connectivity index (χ0v) is 12.5. The minimum atomic E-state index is -0.993. The summed E-state index contributed by atoms with van der Waals surface area (Å²) in [7, 11) is 0. The molecule has 0 saturated carbocycles. The van der Waals surface area contributed by atoms with Gasteiger partial charge in [0.05, 0.1) is 17.7 Å². The molecule has 0 radical (unpaired) electrons. The predicted octanol–water partition coefficient (Wildman–Crippen LogP) is -1.99. The number of hydrazone groups is 1. The van der Waals surface area contributed by atoms with Crippen LogP contribution in [-0.2, 0) is 9.59 Å². The Morgan fingerprint density at radius 3 is 2.88 bits per heavy atom. The molecule has 132 valence electrons.